The van der Waals surface area contributed by atoms with Gasteiger partial charge in [-0.05, 0) is 25.1 Å². The van der Waals surface area contributed by atoms with Crippen LogP contribution < -0.4 is 5.32 Å². The van der Waals surface area contributed by atoms with Crippen LogP contribution in [0.5, 0.6) is 0 Å². The molecule has 0 fully saturated rings. The van der Waals surface area contributed by atoms with E-state index < -0.39 is 0 Å². The highest BCUT2D eigenvalue weighted by molar-refractivity contribution is 9.10. The van der Waals surface area contributed by atoms with Crippen LogP contribution in [0.4, 0.5) is 5.69 Å². The molecule has 13 heavy (non-hydrogen) atoms. The van der Waals surface area contributed by atoms with Crippen molar-refractivity contribution in [3.63, 3.8) is 0 Å². The van der Waals surface area contributed by atoms with Gasteiger partial charge in [0.25, 0.3) is 0 Å². The lowest BCUT2D eigenvalue weighted by molar-refractivity contribution is 1.00. The minimum Gasteiger partial charge on any atom is -0.378 e. The van der Waals surface area contributed by atoms with Crippen molar-refractivity contribution in [3.8, 4) is 0 Å². The average Bonchev–Trinajstić information content (AvgIpc) is 2.09. The van der Waals surface area contributed by atoms with Crippen molar-refractivity contribution in [2.45, 2.75) is 13.0 Å². The maximum Gasteiger partial charge on any atom is 0.0648 e. The van der Waals surface area contributed by atoms with E-state index in [2.05, 4.69) is 27.8 Å². The summed E-state index contributed by atoms with van der Waals surface area (Å²) >= 11 is 9.35. The van der Waals surface area contributed by atoms with Gasteiger partial charge in [-0.3, -0.25) is 0 Å². The van der Waals surface area contributed by atoms with E-state index in [1.165, 1.54) is 0 Å². The Labute approximate surface area is 91.9 Å². The van der Waals surface area contributed by atoms with E-state index in [4.69, 9.17) is 11.6 Å². The lowest BCUT2D eigenvalue weighted by Gasteiger charge is -2.12. The standard InChI is InChI=1S/C10H11BrClN/c1-3-7(2)13-10-5-4-8(11)6-9(10)12/h3-7,13H,1H2,2H3. The summed E-state index contributed by atoms with van der Waals surface area (Å²) < 4.78 is 0.981. The van der Waals surface area contributed by atoms with Gasteiger partial charge in [0, 0.05) is 10.5 Å². The number of rotatable bonds is 3. The highest BCUT2D eigenvalue weighted by Crippen LogP contribution is 2.26. The summed E-state index contributed by atoms with van der Waals surface area (Å²) in [7, 11) is 0. The first-order valence-corrected chi connectivity index (χ1v) is 5.14. The summed E-state index contributed by atoms with van der Waals surface area (Å²) in [5.74, 6) is 0. The quantitative estimate of drug-likeness (QED) is 0.807. The first-order chi connectivity index (χ1) is 6.13. The van der Waals surface area contributed by atoms with Gasteiger partial charge < -0.3 is 5.32 Å². The first kappa shape index (κ1) is 10.6. The fraction of sp³-hybridized carbons (Fsp3) is 0.200. The first-order valence-electron chi connectivity index (χ1n) is 3.97. The number of nitrogens with one attached hydrogen (secondary N) is 1. The Bertz CT molecular complexity index is 312. The fourth-order valence-corrected chi connectivity index (χ4v) is 1.64. The summed E-state index contributed by atoms with van der Waals surface area (Å²) in [5, 5.41) is 3.93. The number of hydrogen-bond donors (Lipinski definition) is 1. The molecule has 3 heteroatoms. The summed E-state index contributed by atoms with van der Waals surface area (Å²) in [5.41, 5.74) is 0.928. The molecule has 70 valence electrons. The molecule has 1 rings (SSSR count). The van der Waals surface area contributed by atoms with Crippen molar-refractivity contribution in [2.24, 2.45) is 0 Å². The lowest BCUT2D eigenvalue weighted by Crippen LogP contribution is -2.11. The minimum atomic E-state index is 0.221. The molecule has 1 aromatic rings. The Kier molecular flexibility index (Phi) is 3.82. The Morgan fingerprint density at radius 2 is 2.31 bits per heavy atom. The van der Waals surface area contributed by atoms with Crippen LogP contribution in [-0.4, -0.2) is 6.04 Å². The summed E-state index contributed by atoms with van der Waals surface area (Å²) in [4.78, 5) is 0. The second kappa shape index (κ2) is 4.68. The second-order valence-corrected chi connectivity index (χ2v) is 4.12. The molecule has 0 heterocycles. The van der Waals surface area contributed by atoms with E-state index in [1.54, 1.807) is 0 Å². The van der Waals surface area contributed by atoms with E-state index in [0.717, 1.165) is 10.2 Å². The van der Waals surface area contributed by atoms with Crippen LogP contribution in [0.2, 0.25) is 5.02 Å². The van der Waals surface area contributed by atoms with Crippen molar-refractivity contribution < 1.29 is 0 Å². The maximum atomic E-state index is 6.00. The van der Waals surface area contributed by atoms with Crippen LogP contribution >= 0.6 is 27.5 Å². The average molecular weight is 261 g/mol. The third-order valence-electron chi connectivity index (χ3n) is 1.67. The molecule has 0 saturated carbocycles. The lowest BCUT2D eigenvalue weighted by atomic mass is 10.2. The van der Waals surface area contributed by atoms with Gasteiger partial charge in [-0.15, -0.1) is 6.58 Å². The van der Waals surface area contributed by atoms with Crippen molar-refractivity contribution in [1.29, 1.82) is 0 Å². The number of halogens is 2. The molecule has 1 unspecified atom stereocenters. The normalized spacial score (nSPS) is 12.2. The van der Waals surface area contributed by atoms with Crippen molar-refractivity contribution in [3.05, 3.63) is 40.3 Å². The second-order valence-electron chi connectivity index (χ2n) is 2.79. The molecule has 0 aromatic heterocycles. The zero-order valence-corrected chi connectivity index (χ0v) is 9.69. The molecule has 0 aliphatic carbocycles. The van der Waals surface area contributed by atoms with E-state index in [9.17, 15) is 0 Å². The largest absolute Gasteiger partial charge is 0.378 e. The molecule has 0 saturated heterocycles. The molecule has 0 radical (unpaired) electrons. The van der Waals surface area contributed by atoms with E-state index in [-0.39, 0.29) is 6.04 Å². The fourth-order valence-electron chi connectivity index (χ4n) is 0.911. The summed E-state index contributed by atoms with van der Waals surface area (Å²) in [6, 6.07) is 5.97. The highest BCUT2D eigenvalue weighted by atomic mass is 79.9. The monoisotopic (exact) mass is 259 g/mol. The molecule has 1 aromatic carbocycles. The minimum absolute atomic E-state index is 0.221. The van der Waals surface area contributed by atoms with Gasteiger partial charge >= 0.3 is 0 Å². The van der Waals surface area contributed by atoms with Crippen LogP contribution in [0.15, 0.2) is 35.3 Å². The van der Waals surface area contributed by atoms with E-state index in [1.807, 2.05) is 31.2 Å². The number of benzene rings is 1. The zero-order chi connectivity index (χ0) is 9.84. The molecule has 0 spiro atoms. The molecular formula is C10H11BrClN. The van der Waals surface area contributed by atoms with Crippen LogP contribution in [0.1, 0.15) is 6.92 Å². The Morgan fingerprint density at radius 1 is 1.62 bits per heavy atom. The molecule has 0 aliphatic rings. The van der Waals surface area contributed by atoms with Crippen molar-refractivity contribution in [2.75, 3.05) is 5.32 Å². The predicted octanol–water partition coefficient (Wildman–Crippen LogP) is 4.09. The SMILES string of the molecule is C=CC(C)Nc1ccc(Br)cc1Cl. The van der Waals surface area contributed by atoms with Gasteiger partial charge in [-0.1, -0.05) is 33.6 Å². The predicted molar refractivity (Wildman–Crippen MR) is 62.4 cm³/mol. The number of hydrogen-bond acceptors (Lipinski definition) is 1. The third-order valence-corrected chi connectivity index (χ3v) is 2.47. The van der Waals surface area contributed by atoms with Crippen LogP contribution in [0.3, 0.4) is 0 Å². The van der Waals surface area contributed by atoms with Gasteiger partial charge in [0.05, 0.1) is 10.7 Å². The van der Waals surface area contributed by atoms with Crippen LogP contribution in [0, 0.1) is 0 Å². The molecule has 1 atom stereocenters. The summed E-state index contributed by atoms with van der Waals surface area (Å²) in [6.07, 6.45) is 1.83. The van der Waals surface area contributed by atoms with Gasteiger partial charge in [-0.25, -0.2) is 0 Å². The molecule has 1 nitrogen and oxygen atoms in total. The van der Waals surface area contributed by atoms with Crippen molar-refractivity contribution in [1.82, 2.24) is 0 Å². The van der Waals surface area contributed by atoms with Crippen molar-refractivity contribution >= 4 is 33.2 Å². The Balaban J connectivity index is 2.83. The molecule has 1 N–H and O–H groups in total. The summed E-state index contributed by atoms with van der Waals surface area (Å²) in [6.45, 7) is 5.71. The topological polar surface area (TPSA) is 12.0 Å². The number of anilines is 1. The van der Waals surface area contributed by atoms with Gasteiger partial charge in [0.1, 0.15) is 0 Å². The Hall–Kier alpha value is -0.470. The third kappa shape index (κ3) is 3.05. The molecule has 0 amide bonds. The highest BCUT2D eigenvalue weighted by Gasteiger charge is 2.02. The Morgan fingerprint density at radius 3 is 2.85 bits per heavy atom. The van der Waals surface area contributed by atoms with Crippen LogP contribution in [-0.2, 0) is 0 Å². The smallest absolute Gasteiger partial charge is 0.0648 e. The molecule has 0 bridgehead atoms. The molecule has 0 aliphatic heterocycles. The molecular weight excluding hydrogens is 249 g/mol. The van der Waals surface area contributed by atoms with E-state index >= 15 is 0 Å². The van der Waals surface area contributed by atoms with Gasteiger partial charge in [0.15, 0.2) is 0 Å². The maximum absolute atomic E-state index is 6.00. The van der Waals surface area contributed by atoms with Gasteiger partial charge in [0.2, 0.25) is 0 Å². The zero-order valence-electron chi connectivity index (χ0n) is 7.35. The van der Waals surface area contributed by atoms with Gasteiger partial charge in [-0.2, -0.15) is 0 Å². The van der Waals surface area contributed by atoms with E-state index in [0.29, 0.717) is 5.02 Å². The van der Waals surface area contributed by atoms with Crippen LogP contribution in [0.25, 0.3) is 0 Å².